The van der Waals surface area contributed by atoms with Gasteiger partial charge in [0.1, 0.15) is 0 Å². The number of hydrogen-bond donors (Lipinski definition) is 1. The Labute approximate surface area is 136 Å². The second-order valence-corrected chi connectivity index (χ2v) is 7.02. The van der Waals surface area contributed by atoms with Crippen LogP contribution in [0.1, 0.15) is 30.0 Å². The Kier molecular flexibility index (Phi) is 5.74. The molecule has 0 amide bonds. The van der Waals surface area contributed by atoms with Gasteiger partial charge in [-0.2, -0.15) is 0 Å². The first-order chi connectivity index (χ1) is 9.99. The van der Waals surface area contributed by atoms with E-state index in [0.717, 1.165) is 23.4 Å². The highest BCUT2D eigenvalue weighted by Crippen LogP contribution is 2.33. The molecule has 1 unspecified atom stereocenters. The second-order valence-electron chi connectivity index (χ2n) is 5.50. The van der Waals surface area contributed by atoms with Gasteiger partial charge >= 0.3 is 0 Å². The minimum Gasteiger partial charge on any atom is -0.327 e. The van der Waals surface area contributed by atoms with Gasteiger partial charge in [-0.05, 0) is 61.6 Å². The molecule has 2 N–H and O–H groups in total. The topological polar surface area (TPSA) is 26.0 Å². The van der Waals surface area contributed by atoms with Crippen LogP contribution in [0.4, 0.5) is 0 Å². The minimum absolute atomic E-state index is 0.181. The second kappa shape index (κ2) is 7.35. The molecule has 112 valence electrons. The van der Waals surface area contributed by atoms with Crippen molar-refractivity contribution in [1.82, 2.24) is 0 Å². The lowest BCUT2D eigenvalue weighted by Gasteiger charge is -2.12. The van der Waals surface area contributed by atoms with Gasteiger partial charge in [-0.3, -0.25) is 0 Å². The summed E-state index contributed by atoms with van der Waals surface area (Å²) in [7, 11) is 0. The zero-order valence-corrected chi connectivity index (χ0v) is 14.4. The zero-order valence-electron chi connectivity index (χ0n) is 12.8. The molecule has 0 aliphatic heterocycles. The molecule has 0 fully saturated rings. The first-order valence-electron chi connectivity index (χ1n) is 7.28. The number of halogens is 1. The van der Waals surface area contributed by atoms with E-state index in [4.69, 9.17) is 17.3 Å². The molecule has 2 aromatic rings. The Bertz CT molecular complexity index is 625. The van der Waals surface area contributed by atoms with Crippen LogP contribution in [0, 0.1) is 13.8 Å². The van der Waals surface area contributed by atoms with Crippen LogP contribution in [0.2, 0.25) is 5.02 Å². The third-order valence-electron chi connectivity index (χ3n) is 3.60. The Morgan fingerprint density at radius 3 is 2.57 bits per heavy atom. The molecule has 0 aliphatic rings. The molecule has 1 atom stereocenters. The summed E-state index contributed by atoms with van der Waals surface area (Å²) < 4.78 is 0. The van der Waals surface area contributed by atoms with Crippen LogP contribution in [0.15, 0.2) is 46.2 Å². The average Bonchev–Trinajstić information content (AvgIpc) is 2.45. The van der Waals surface area contributed by atoms with E-state index in [2.05, 4.69) is 51.1 Å². The third kappa shape index (κ3) is 4.50. The van der Waals surface area contributed by atoms with E-state index in [-0.39, 0.29) is 6.04 Å². The van der Waals surface area contributed by atoms with Crippen molar-refractivity contribution in [2.45, 2.75) is 49.4 Å². The molecule has 0 spiro atoms. The summed E-state index contributed by atoms with van der Waals surface area (Å²) in [5, 5.41) is 0.814. The monoisotopic (exact) mass is 319 g/mol. The quantitative estimate of drug-likeness (QED) is 0.799. The fourth-order valence-electron chi connectivity index (χ4n) is 2.13. The normalized spacial score (nSPS) is 12.4. The van der Waals surface area contributed by atoms with Gasteiger partial charge in [-0.1, -0.05) is 48.5 Å². The smallest absolute Gasteiger partial charge is 0.0449 e. The maximum Gasteiger partial charge on any atom is 0.0449 e. The van der Waals surface area contributed by atoms with Crippen LogP contribution in [0.3, 0.4) is 0 Å². The lowest BCUT2D eigenvalue weighted by Crippen LogP contribution is -2.21. The first-order valence-corrected chi connectivity index (χ1v) is 8.48. The van der Waals surface area contributed by atoms with Crippen molar-refractivity contribution in [3.63, 3.8) is 0 Å². The Morgan fingerprint density at radius 1 is 1.14 bits per heavy atom. The molecule has 0 aromatic heterocycles. The van der Waals surface area contributed by atoms with Gasteiger partial charge in [0.25, 0.3) is 0 Å². The number of aryl methyl sites for hydroxylation is 2. The summed E-state index contributed by atoms with van der Waals surface area (Å²) in [4.78, 5) is 2.45. The van der Waals surface area contributed by atoms with Crippen molar-refractivity contribution in [2.24, 2.45) is 5.73 Å². The summed E-state index contributed by atoms with van der Waals surface area (Å²) in [5.74, 6) is 0. The Morgan fingerprint density at radius 2 is 1.90 bits per heavy atom. The molecule has 0 saturated carbocycles. The van der Waals surface area contributed by atoms with E-state index in [1.54, 1.807) is 11.8 Å². The van der Waals surface area contributed by atoms with Gasteiger partial charge in [-0.15, -0.1) is 0 Å². The highest BCUT2D eigenvalue weighted by molar-refractivity contribution is 7.99. The Hall–Kier alpha value is -0.960. The van der Waals surface area contributed by atoms with Crippen molar-refractivity contribution in [3.8, 4) is 0 Å². The standard InChI is InChI=1S/C18H22ClNS/c1-4-15(20)10-14-7-8-16(11-17(14)19)21-18-9-12(2)5-6-13(18)3/h5-9,11,15H,4,10,20H2,1-3H3. The van der Waals surface area contributed by atoms with Crippen molar-refractivity contribution >= 4 is 23.4 Å². The molecular formula is C18H22ClNS. The van der Waals surface area contributed by atoms with Crippen LogP contribution in [-0.4, -0.2) is 6.04 Å². The van der Waals surface area contributed by atoms with Gasteiger partial charge in [0, 0.05) is 20.9 Å². The predicted octanol–water partition coefficient (Wildman–Crippen LogP) is 5.39. The number of benzene rings is 2. The maximum absolute atomic E-state index is 6.40. The van der Waals surface area contributed by atoms with E-state index in [1.165, 1.54) is 20.9 Å². The van der Waals surface area contributed by atoms with Crippen LogP contribution < -0.4 is 5.73 Å². The van der Waals surface area contributed by atoms with Crippen molar-refractivity contribution < 1.29 is 0 Å². The summed E-state index contributed by atoms with van der Waals surface area (Å²) in [6.45, 7) is 6.35. The van der Waals surface area contributed by atoms with Crippen LogP contribution >= 0.6 is 23.4 Å². The van der Waals surface area contributed by atoms with Gasteiger partial charge in [0.15, 0.2) is 0 Å². The van der Waals surface area contributed by atoms with Crippen LogP contribution in [0.5, 0.6) is 0 Å². The van der Waals surface area contributed by atoms with Crippen molar-refractivity contribution in [2.75, 3.05) is 0 Å². The molecule has 1 nitrogen and oxygen atoms in total. The van der Waals surface area contributed by atoms with E-state index in [9.17, 15) is 0 Å². The fourth-order valence-corrected chi connectivity index (χ4v) is 3.49. The molecule has 21 heavy (non-hydrogen) atoms. The predicted molar refractivity (Wildman–Crippen MR) is 93.5 cm³/mol. The molecule has 0 heterocycles. The van der Waals surface area contributed by atoms with Crippen molar-refractivity contribution in [1.29, 1.82) is 0 Å². The van der Waals surface area contributed by atoms with Gasteiger partial charge in [0.2, 0.25) is 0 Å². The minimum atomic E-state index is 0.181. The lowest BCUT2D eigenvalue weighted by atomic mass is 10.1. The highest BCUT2D eigenvalue weighted by Gasteiger charge is 2.08. The largest absolute Gasteiger partial charge is 0.327 e. The number of hydrogen-bond acceptors (Lipinski definition) is 2. The molecule has 0 aliphatic carbocycles. The highest BCUT2D eigenvalue weighted by atomic mass is 35.5. The van der Waals surface area contributed by atoms with Gasteiger partial charge < -0.3 is 5.73 Å². The number of rotatable bonds is 5. The summed E-state index contributed by atoms with van der Waals surface area (Å²) >= 11 is 8.16. The van der Waals surface area contributed by atoms with E-state index in [1.807, 2.05) is 6.07 Å². The average molecular weight is 320 g/mol. The molecule has 0 radical (unpaired) electrons. The maximum atomic E-state index is 6.40. The van der Waals surface area contributed by atoms with Gasteiger partial charge in [0.05, 0.1) is 0 Å². The lowest BCUT2D eigenvalue weighted by molar-refractivity contribution is 0.646. The van der Waals surface area contributed by atoms with E-state index < -0.39 is 0 Å². The molecule has 3 heteroatoms. The van der Waals surface area contributed by atoms with Crippen LogP contribution in [-0.2, 0) is 6.42 Å². The van der Waals surface area contributed by atoms with Crippen LogP contribution in [0.25, 0.3) is 0 Å². The van der Waals surface area contributed by atoms with Gasteiger partial charge in [-0.25, -0.2) is 0 Å². The molecule has 2 rings (SSSR count). The summed E-state index contributed by atoms with van der Waals surface area (Å²) in [5.41, 5.74) is 9.71. The molecular weight excluding hydrogens is 298 g/mol. The molecule has 0 saturated heterocycles. The molecule has 0 bridgehead atoms. The van der Waals surface area contributed by atoms with Crippen molar-refractivity contribution in [3.05, 3.63) is 58.1 Å². The van der Waals surface area contributed by atoms with E-state index >= 15 is 0 Å². The summed E-state index contributed by atoms with van der Waals surface area (Å²) in [6.07, 6.45) is 1.80. The Balaban J connectivity index is 2.18. The summed E-state index contributed by atoms with van der Waals surface area (Å²) in [6, 6.07) is 13.0. The molecule has 2 aromatic carbocycles. The first kappa shape index (κ1) is 16.4. The van der Waals surface area contributed by atoms with E-state index in [0.29, 0.717) is 0 Å². The third-order valence-corrected chi connectivity index (χ3v) is 5.10. The SMILES string of the molecule is CCC(N)Cc1ccc(Sc2cc(C)ccc2C)cc1Cl. The zero-order chi connectivity index (χ0) is 15.4. The fraction of sp³-hybridized carbons (Fsp3) is 0.333. The number of nitrogens with two attached hydrogens (primary N) is 1.